The summed E-state index contributed by atoms with van der Waals surface area (Å²) in [5.74, 6) is 2.15. The van der Waals surface area contributed by atoms with Gasteiger partial charge in [0.1, 0.15) is 6.67 Å². The molecular weight excluding hydrogens is 511 g/mol. The van der Waals surface area contributed by atoms with Crippen LogP contribution in [0.2, 0.25) is 10.0 Å². The summed E-state index contributed by atoms with van der Waals surface area (Å²) in [5, 5.41) is 11.1. The molecular formula is C25H32Cl2N10. The van der Waals surface area contributed by atoms with Crippen LogP contribution in [0.1, 0.15) is 20.8 Å². The molecule has 2 aromatic rings. The van der Waals surface area contributed by atoms with E-state index in [1.54, 1.807) is 0 Å². The molecule has 0 amide bonds. The summed E-state index contributed by atoms with van der Waals surface area (Å²) in [4.78, 5) is 22.9. The number of hydrogen-bond acceptors (Lipinski definition) is 10. The van der Waals surface area contributed by atoms with Gasteiger partial charge in [-0.05, 0) is 69.3 Å². The molecule has 0 radical (unpaired) electrons. The number of nitrogens with one attached hydrogen (secondary N) is 3. The molecule has 0 saturated carbocycles. The molecule has 2 aliphatic heterocycles. The topological polar surface area (TPSA) is 118 Å². The maximum Gasteiger partial charge on any atom is 0.207 e. The molecule has 4 rings (SSSR count). The molecule has 196 valence electrons. The van der Waals surface area contributed by atoms with Crippen molar-refractivity contribution in [1.82, 2.24) is 15.5 Å². The zero-order valence-electron chi connectivity index (χ0n) is 21.3. The minimum Gasteiger partial charge on any atom is -0.370 e. The van der Waals surface area contributed by atoms with E-state index in [9.17, 15) is 0 Å². The number of guanidine groups is 4. The van der Waals surface area contributed by atoms with Crippen LogP contribution in [0.4, 0.5) is 11.4 Å². The molecule has 0 spiro atoms. The number of halogens is 2. The summed E-state index contributed by atoms with van der Waals surface area (Å²) in [5.41, 5.74) is 7.90. The molecule has 3 unspecified atom stereocenters. The Balaban J connectivity index is 1.59. The van der Waals surface area contributed by atoms with Crippen LogP contribution in [-0.4, -0.2) is 67.1 Å². The highest BCUT2D eigenvalue weighted by atomic mass is 35.5. The fourth-order valence-electron chi connectivity index (χ4n) is 3.72. The second-order valence-electron chi connectivity index (χ2n) is 9.06. The van der Waals surface area contributed by atoms with E-state index in [2.05, 4.69) is 20.9 Å². The quantitative estimate of drug-likeness (QED) is 0.438. The SMILES string of the molecule is CC1CN=C(N(C)CN(C2=NC(C)C(C)N=C(N)N2)c2ccc(Cl)cc2)NC(Nc2ccc(Cl)cc2)=N1. The van der Waals surface area contributed by atoms with Gasteiger partial charge in [0.15, 0.2) is 5.96 Å². The van der Waals surface area contributed by atoms with E-state index in [-0.39, 0.29) is 18.1 Å². The zero-order valence-corrected chi connectivity index (χ0v) is 22.8. The van der Waals surface area contributed by atoms with Gasteiger partial charge in [-0.25, -0.2) is 15.0 Å². The minimum atomic E-state index is -0.0693. The molecule has 3 atom stereocenters. The second-order valence-corrected chi connectivity index (χ2v) is 9.94. The zero-order chi connectivity index (χ0) is 26.5. The van der Waals surface area contributed by atoms with E-state index in [1.165, 1.54) is 0 Å². The first kappa shape index (κ1) is 26.6. The van der Waals surface area contributed by atoms with Crippen molar-refractivity contribution in [3.8, 4) is 0 Å². The Morgan fingerprint density at radius 2 is 1.51 bits per heavy atom. The fourth-order valence-corrected chi connectivity index (χ4v) is 3.97. The van der Waals surface area contributed by atoms with Gasteiger partial charge in [0.05, 0.1) is 24.7 Å². The molecule has 2 aliphatic rings. The summed E-state index contributed by atoms with van der Waals surface area (Å²) in [6, 6.07) is 14.9. The van der Waals surface area contributed by atoms with Gasteiger partial charge in [0.2, 0.25) is 17.9 Å². The number of nitrogens with two attached hydrogens (primary N) is 1. The minimum absolute atomic E-state index is 0.00758. The van der Waals surface area contributed by atoms with Crippen molar-refractivity contribution < 1.29 is 0 Å². The third kappa shape index (κ3) is 7.05. The molecule has 0 fully saturated rings. The number of anilines is 2. The number of hydrogen-bond donors (Lipinski definition) is 4. The summed E-state index contributed by atoms with van der Waals surface area (Å²) in [6.07, 6.45) is 0. The summed E-state index contributed by atoms with van der Waals surface area (Å²) < 4.78 is 0. The Morgan fingerprint density at radius 3 is 2.19 bits per heavy atom. The molecule has 10 nitrogen and oxygen atoms in total. The first-order valence-corrected chi connectivity index (χ1v) is 12.8. The van der Waals surface area contributed by atoms with Gasteiger partial charge >= 0.3 is 0 Å². The Labute approximate surface area is 227 Å². The number of rotatable bonds is 4. The van der Waals surface area contributed by atoms with Gasteiger partial charge in [-0.2, -0.15) is 0 Å². The van der Waals surface area contributed by atoms with Crippen LogP contribution < -0.4 is 26.6 Å². The van der Waals surface area contributed by atoms with E-state index in [0.29, 0.717) is 47.1 Å². The lowest BCUT2D eigenvalue weighted by Gasteiger charge is -2.32. The molecule has 0 aromatic heterocycles. The predicted molar refractivity (Wildman–Crippen MR) is 155 cm³/mol. The van der Waals surface area contributed by atoms with Crippen LogP contribution in [0, 0.1) is 0 Å². The van der Waals surface area contributed by atoms with Crippen molar-refractivity contribution in [2.45, 2.75) is 38.9 Å². The molecule has 2 aromatic carbocycles. The Bertz CT molecular complexity index is 1210. The first-order valence-electron chi connectivity index (χ1n) is 12.0. The maximum absolute atomic E-state index is 6.17. The smallest absolute Gasteiger partial charge is 0.207 e. The van der Waals surface area contributed by atoms with Crippen molar-refractivity contribution in [2.75, 3.05) is 30.5 Å². The van der Waals surface area contributed by atoms with E-state index in [1.807, 2.05) is 86.1 Å². The van der Waals surface area contributed by atoms with Crippen molar-refractivity contribution in [3.05, 3.63) is 58.6 Å². The molecule has 0 aliphatic carbocycles. The summed E-state index contributed by atoms with van der Waals surface area (Å²) >= 11 is 12.2. The Kier molecular flexibility index (Phi) is 8.40. The highest BCUT2D eigenvalue weighted by Gasteiger charge is 2.24. The monoisotopic (exact) mass is 542 g/mol. The number of aliphatic imine (C=N–C) groups is 4. The summed E-state index contributed by atoms with van der Waals surface area (Å²) in [6.45, 7) is 6.96. The van der Waals surface area contributed by atoms with Gasteiger partial charge in [0, 0.05) is 28.5 Å². The maximum atomic E-state index is 6.17. The van der Waals surface area contributed by atoms with Gasteiger partial charge in [-0.1, -0.05) is 23.2 Å². The molecule has 5 N–H and O–H groups in total. The van der Waals surface area contributed by atoms with Gasteiger partial charge in [-0.3, -0.25) is 20.5 Å². The van der Waals surface area contributed by atoms with Crippen LogP contribution in [0.5, 0.6) is 0 Å². The van der Waals surface area contributed by atoms with Gasteiger partial charge < -0.3 is 16.0 Å². The third-order valence-electron chi connectivity index (χ3n) is 5.91. The highest BCUT2D eigenvalue weighted by Crippen LogP contribution is 2.20. The average molecular weight is 544 g/mol. The summed E-state index contributed by atoms with van der Waals surface area (Å²) in [7, 11) is 1.95. The number of nitrogens with zero attached hydrogens (tertiary/aromatic N) is 6. The van der Waals surface area contributed by atoms with Crippen LogP contribution in [0.3, 0.4) is 0 Å². The fraction of sp³-hybridized carbons (Fsp3) is 0.360. The van der Waals surface area contributed by atoms with Crippen molar-refractivity contribution in [3.63, 3.8) is 0 Å². The number of benzene rings is 2. The predicted octanol–water partition coefficient (Wildman–Crippen LogP) is 3.56. The van der Waals surface area contributed by atoms with Crippen molar-refractivity contribution in [1.29, 1.82) is 0 Å². The lowest BCUT2D eigenvalue weighted by Crippen LogP contribution is -2.53. The van der Waals surface area contributed by atoms with E-state index < -0.39 is 0 Å². The lowest BCUT2D eigenvalue weighted by atomic mass is 10.2. The van der Waals surface area contributed by atoms with Gasteiger partial charge in [-0.15, -0.1) is 0 Å². The Morgan fingerprint density at radius 1 is 0.892 bits per heavy atom. The average Bonchev–Trinajstić information content (AvgIpc) is 3.12. The Hall–Kier alpha value is -3.50. The van der Waals surface area contributed by atoms with Crippen LogP contribution in [0.15, 0.2) is 68.5 Å². The molecule has 0 bridgehead atoms. The van der Waals surface area contributed by atoms with Crippen molar-refractivity contribution >= 4 is 58.4 Å². The van der Waals surface area contributed by atoms with Crippen LogP contribution in [0.25, 0.3) is 0 Å². The highest BCUT2D eigenvalue weighted by molar-refractivity contribution is 6.31. The molecule has 2 heterocycles. The molecule has 0 saturated heterocycles. The first-order chi connectivity index (χ1) is 17.7. The third-order valence-corrected chi connectivity index (χ3v) is 6.41. The molecule has 12 heteroatoms. The second kappa shape index (κ2) is 11.7. The van der Waals surface area contributed by atoms with E-state index in [0.717, 1.165) is 11.4 Å². The van der Waals surface area contributed by atoms with E-state index >= 15 is 0 Å². The van der Waals surface area contributed by atoms with Crippen LogP contribution >= 0.6 is 23.2 Å². The lowest BCUT2D eigenvalue weighted by molar-refractivity contribution is 0.501. The standard InChI is InChI=1S/C25H32Cl2N10/c1-15-13-29-24(35-23(30-15)33-20-9-5-18(26)6-10-20)36(4)14-37(21-11-7-19(27)8-12-21)25-32-17(3)16(2)31-22(28)34-25/h5-12,15-17H,13-14H2,1-4H3,(H3,28,31,32,34)(H2,29,30,33,35). The normalized spacial score (nSPS) is 21.6. The van der Waals surface area contributed by atoms with E-state index in [4.69, 9.17) is 43.9 Å². The van der Waals surface area contributed by atoms with Crippen molar-refractivity contribution in [2.24, 2.45) is 25.7 Å². The van der Waals surface area contributed by atoms with Gasteiger partial charge in [0.25, 0.3) is 0 Å². The largest absolute Gasteiger partial charge is 0.370 e. The molecule has 37 heavy (non-hydrogen) atoms. The van der Waals surface area contributed by atoms with Crippen LogP contribution in [-0.2, 0) is 0 Å².